The molecule has 0 aliphatic heterocycles. The van der Waals surface area contributed by atoms with Gasteiger partial charge in [-0.15, -0.1) is 0 Å². The van der Waals surface area contributed by atoms with Crippen LogP contribution in [0.3, 0.4) is 0 Å². The number of alkyl halides is 13. The van der Waals surface area contributed by atoms with Gasteiger partial charge in [-0.25, -0.2) is 0 Å². The van der Waals surface area contributed by atoms with Crippen molar-refractivity contribution >= 4 is 5.69 Å². The maximum absolute atomic E-state index is 13.8. The molecule has 0 aromatic heterocycles. The summed E-state index contributed by atoms with van der Waals surface area (Å²) < 4.78 is 169. The molecule has 0 aliphatic rings. The summed E-state index contributed by atoms with van der Waals surface area (Å²) in [5, 5.41) is 0. The van der Waals surface area contributed by atoms with Gasteiger partial charge in [-0.2, -0.15) is 57.1 Å². The van der Waals surface area contributed by atoms with Gasteiger partial charge in [0.05, 0.1) is 0 Å². The average molecular weight is 425 g/mol. The molecule has 1 aromatic carbocycles. The van der Waals surface area contributed by atoms with Crippen LogP contribution in [0.2, 0.25) is 0 Å². The van der Waals surface area contributed by atoms with Crippen LogP contribution in [0, 0.1) is 6.92 Å². The highest BCUT2D eigenvalue weighted by Crippen LogP contribution is 2.62. The number of anilines is 1. The Morgan fingerprint density at radius 2 is 1.04 bits per heavy atom. The Morgan fingerprint density at radius 1 is 0.630 bits per heavy atom. The van der Waals surface area contributed by atoms with Gasteiger partial charge in [0.1, 0.15) is 0 Å². The van der Waals surface area contributed by atoms with Gasteiger partial charge in [0, 0.05) is 11.3 Å². The lowest BCUT2D eigenvalue weighted by molar-refractivity contribution is -0.441. The van der Waals surface area contributed by atoms with Crippen molar-refractivity contribution in [1.82, 2.24) is 0 Å². The molecule has 0 bridgehead atoms. The van der Waals surface area contributed by atoms with Gasteiger partial charge in [-0.1, -0.05) is 6.07 Å². The molecule has 0 amide bonds. The second kappa shape index (κ2) is 6.06. The van der Waals surface area contributed by atoms with Crippen molar-refractivity contribution in [2.75, 3.05) is 5.73 Å². The highest BCUT2D eigenvalue weighted by molar-refractivity contribution is 5.49. The third kappa shape index (κ3) is 3.06. The molecule has 2 N–H and O–H groups in total. The first-order chi connectivity index (χ1) is 11.7. The van der Waals surface area contributed by atoms with E-state index >= 15 is 0 Å². The van der Waals surface area contributed by atoms with E-state index in [0.717, 1.165) is 6.92 Å². The minimum atomic E-state index is -7.91. The van der Waals surface area contributed by atoms with Crippen LogP contribution < -0.4 is 5.73 Å². The summed E-state index contributed by atoms with van der Waals surface area (Å²) in [5.41, 5.74) is 2.41. The van der Waals surface area contributed by atoms with E-state index in [9.17, 15) is 57.1 Å². The second-order valence-corrected chi connectivity index (χ2v) is 5.44. The van der Waals surface area contributed by atoms with Crippen LogP contribution in [0.15, 0.2) is 18.2 Å². The number of nitrogen functional groups attached to an aromatic ring is 1. The molecule has 0 fully saturated rings. The molecule has 0 saturated carbocycles. The summed E-state index contributed by atoms with van der Waals surface area (Å²) in [6, 6.07) is 0.570. The highest BCUT2D eigenvalue weighted by atomic mass is 19.4. The standard InChI is InChI=1S/C13H8F13N/c1-5-4-6(2-3-7(5)27)8(14,15)9(16,17)10(18,19)11(20,21)12(22,23)13(24,25)26/h2-4H,27H2,1H3. The molecule has 0 aliphatic carbocycles. The van der Waals surface area contributed by atoms with Crippen LogP contribution in [0.25, 0.3) is 0 Å². The van der Waals surface area contributed by atoms with Crippen LogP contribution >= 0.6 is 0 Å². The fraction of sp³-hybridized carbons (Fsp3) is 0.538. The van der Waals surface area contributed by atoms with Crippen LogP contribution in [-0.2, 0) is 5.92 Å². The first kappa shape index (κ1) is 23.1. The molecule has 0 atom stereocenters. The Morgan fingerprint density at radius 3 is 1.41 bits per heavy atom. The summed E-state index contributed by atoms with van der Waals surface area (Å²) in [4.78, 5) is 0. The molecule has 0 spiro atoms. The van der Waals surface area contributed by atoms with Crippen molar-refractivity contribution in [3.8, 4) is 0 Å². The van der Waals surface area contributed by atoms with Gasteiger partial charge >= 0.3 is 35.8 Å². The SMILES string of the molecule is Cc1cc(C(F)(F)C(F)(F)C(F)(F)C(F)(F)C(F)(F)C(F)(F)F)ccc1N. The van der Waals surface area contributed by atoms with Crippen molar-refractivity contribution in [2.45, 2.75) is 42.7 Å². The van der Waals surface area contributed by atoms with Crippen molar-refractivity contribution in [1.29, 1.82) is 0 Å². The highest BCUT2D eigenvalue weighted by Gasteiger charge is 2.90. The van der Waals surface area contributed by atoms with Crippen molar-refractivity contribution in [2.24, 2.45) is 0 Å². The van der Waals surface area contributed by atoms with Gasteiger partial charge in [0.25, 0.3) is 0 Å². The molecule has 14 heteroatoms. The largest absolute Gasteiger partial charge is 0.460 e. The van der Waals surface area contributed by atoms with Crippen LogP contribution in [0.5, 0.6) is 0 Å². The molecular weight excluding hydrogens is 417 g/mol. The minimum absolute atomic E-state index is 0.00632. The van der Waals surface area contributed by atoms with E-state index in [-0.39, 0.29) is 17.8 Å². The predicted octanol–water partition coefficient (Wildman–Crippen LogP) is 5.77. The first-order valence-corrected chi connectivity index (χ1v) is 6.48. The molecule has 156 valence electrons. The number of hydrogen-bond acceptors (Lipinski definition) is 1. The third-order valence-electron chi connectivity index (χ3n) is 3.57. The zero-order chi connectivity index (χ0) is 21.9. The first-order valence-electron chi connectivity index (χ1n) is 6.48. The normalized spacial score (nSPS) is 15.2. The van der Waals surface area contributed by atoms with Gasteiger partial charge < -0.3 is 5.73 Å². The second-order valence-electron chi connectivity index (χ2n) is 5.44. The number of rotatable bonds is 5. The lowest BCUT2D eigenvalue weighted by Gasteiger charge is -2.39. The summed E-state index contributed by atoms with van der Waals surface area (Å²) >= 11 is 0. The lowest BCUT2D eigenvalue weighted by Crippen LogP contribution is -2.69. The maximum atomic E-state index is 13.8. The van der Waals surface area contributed by atoms with Gasteiger partial charge in [0.2, 0.25) is 0 Å². The zero-order valence-electron chi connectivity index (χ0n) is 12.7. The molecule has 27 heavy (non-hydrogen) atoms. The van der Waals surface area contributed by atoms with Crippen LogP contribution in [0.4, 0.5) is 62.8 Å². The molecule has 0 heterocycles. The average Bonchev–Trinajstić information content (AvgIpc) is 2.47. The van der Waals surface area contributed by atoms with Crippen LogP contribution in [-0.4, -0.2) is 29.9 Å². The van der Waals surface area contributed by atoms with E-state index in [1.54, 1.807) is 0 Å². The van der Waals surface area contributed by atoms with Crippen molar-refractivity contribution < 1.29 is 57.1 Å². The number of halogens is 13. The Labute approximate surface area is 141 Å². The van der Waals surface area contributed by atoms with E-state index in [2.05, 4.69) is 0 Å². The summed E-state index contributed by atoms with van der Waals surface area (Å²) in [7, 11) is 0. The van der Waals surface area contributed by atoms with Gasteiger partial charge in [-0.05, 0) is 24.6 Å². The van der Waals surface area contributed by atoms with Gasteiger partial charge in [-0.3, -0.25) is 0 Å². The quantitative estimate of drug-likeness (QED) is 0.471. The number of hydrogen-bond donors (Lipinski definition) is 1. The lowest BCUT2D eigenvalue weighted by atomic mass is 9.90. The summed E-state index contributed by atoms with van der Waals surface area (Å²) in [6.45, 7) is 0.928. The van der Waals surface area contributed by atoms with E-state index in [1.165, 1.54) is 0 Å². The van der Waals surface area contributed by atoms with Crippen LogP contribution in [0.1, 0.15) is 11.1 Å². The maximum Gasteiger partial charge on any atom is 0.460 e. The minimum Gasteiger partial charge on any atom is -0.399 e. The number of benzene rings is 1. The van der Waals surface area contributed by atoms with Crippen molar-refractivity contribution in [3.63, 3.8) is 0 Å². The third-order valence-corrected chi connectivity index (χ3v) is 3.57. The monoisotopic (exact) mass is 425 g/mol. The zero-order valence-corrected chi connectivity index (χ0v) is 12.7. The van der Waals surface area contributed by atoms with E-state index in [4.69, 9.17) is 5.73 Å². The fourth-order valence-corrected chi connectivity index (χ4v) is 1.82. The molecule has 0 unspecified atom stereocenters. The molecule has 1 nitrogen and oxygen atoms in total. The fourth-order valence-electron chi connectivity index (χ4n) is 1.82. The predicted molar refractivity (Wildman–Crippen MR) is 65.3 cm³/mol. The topological polar surface area (TPSA) is 26.0 Å². The van der Waals surface area contributed by atoms with E-state index < -0.39 is 46.9 Å². The Bertz CT molecular complexity index is 705. The molecule has 0 radical (unpaired) electrons. The Balaban J connectivity index is 3.60. The number of aryl methyl sites for hydroxylation is 1. The van der Waals surface area contributed by atoms with E-state index in [1.807, 2.05) is 0 Å². The molecule has 1 rings (SSSR count). The van der Waals surface area contributed by atoms with E-state index in [0.29, 0.717) is 6.07 Å². The Kier molecular flexibility index (Phi) is 5.19. The molecule has 1 aromatic rings. The molecule has 0 saturated heterocycles. The molecular formula is C13H8F13N. The Hall–Kier alpha value is -1.89. The smallest absolute Gasteiger partial charge is 0.399 e. The summed E-state index contributed by atoms with van der Waals surface area (Å²) in [6.07, 6.45) is -7.43. The van der Waals surface area contributed by atoms with Crippen molar-refractivity contribution in [3.05, 3.63) is 29.3 Å². The van der Waals surface area contributed by atoms with Gasteiger partial charge in [0.15, 0.2) is 0 Å². The summed E-state index contributed by atoms with van der Waals surface area (Å²) in [5.74, 6) is -37.1. The number of nitrogens with two attached hydrogens (primary N) is 1.